The Bertz CT molecular complexity index is 765. The van der Waals surface area contributed by atoms with Crippen LogP contribution in [0.15, 0.2) is 11.1 Å². The zero-order valence-electron chi connectivity index (χ0n) is 12.3. The summed E-state index contributed by atoms with van der Waals surface area (Å²) in [6.45, 7) is 5.49. The molecule has 0 spiro atoms. The molecular formula is C14H17N3O3S. The van der Waals surface area contributed by atoms with Crippen molar-refractivity contribution in [2.75, 3.05) is 19.7 Å². The van der Waals surface area contributed by atoms with Crippen LogP contribution in [0.2, 0.25) is 0 Å². The fraction of sp³-hybridized carbons (Fsp3) is 0.500. The van der Waals surface area contributed by atoms with Crippen molar-refractivity contribution in [3.8, 4) is 0 Å². The number of hydrogen-bond acceptors (Lipinski definition) is 5. The van der Waals surface area contributed by atoms with Crippen molar-refractivity contribution in [3.63, 3.8) is 0 Å². The second kappa shape index (κ2) is 5.23. The first-order chi connectivity index (χ1) is 9.99. The minimum atomic E-state index is -0.108. The number of carbonyl (C=O) groups excluding carboxylic acids is 1. The smallest absolute Gasteiger partial charge is 0.264 e. The number of amides is 1. The van der Waals surface area contributed by atoms with Crippen molar-refractivity contribution >= 4 is 27.5 Å². The Morgan fingerprint density at radius 2 is 2.29 bits per heavy atom. The number of nitrogens with zero attached hydrogens (tertiary/aromatic N) is 3. The van der Waals surface area contributed by atoms with Gasteiger partial charge < -0.3 is 14.2 Å². The van der Waals surface area contributed by atoms with E-state index in [4.69, 9.17) is 4.74 Å². The molecule has 21 heavy (non-hydrogen) atoms. The van der Waals surface area contributed by atoms with Crippen LogP contribution in [-0.4, -0.2) is 46.2 Å². The fourth-order valence-electron chi connectivity index (χ4n) is 2.56. The Labute approximate surface area is 126 Å². The lowest BCUT2D eigenvalue weighted by atomic mass is 10.2. The number of aryl methyl sites for hydroxylation is 2. The molecule has 6 nitrogen and oxygen atoms in total. The summed E-state index contributed by atoms with van der Waals surface area (Å²) in [7, 11) is 1.66. The summed E-state index contributed by atoms with van der Waals surface area (Å²) in [4.78, 5) is 32.1. The predicted molar refractivity (Wildman–Crippen MR) is 80.9 cm³/mol. The van der Waals surface area contributed by atoms with Gasteiger partial charge >= 0.3 is 0 Å². The molecule has 7 heteroatoms. The third-order valence-corrected chi connectivity index (χ3v) is 4.92. The highest BCUT2D eigenvalue weighted by Crippen LogP contribution is 2.28. The van der Waals surface area contributed by atoms with Crippen LogP contribution < -0.4 is 5.56 Å². The normalized spacial score (nSPS) is 19.2. The van der Waals surface area contributed by atoms with E-state index in [1.54, 1.807) is 11.9 Å². The largest absolute Gasteiger partial charge is 0.375 e. The number of fused-ring (bicyclic) bond motifs is 1. The summed E-state index contributed by atoms with van der Waals surface area (Å²) >= 11 is 1.29. The lowest BCUT2D eigenvalue weighted by molar-refractivity contribution is -0.0122. The minimum Gasteiger partial charge on any atom is -0.375 e. The molecule has 2 aromatic rings. The van der Waals surface area contributed by atoms with E-state index in [9.17, 15) is 9.59 Å². The maximum absolute atomic E-state index is 12.7. The molecule has 1 aliphatic heterocycles. The molecule has 0 N–H and O–H groups in total. The van der Waals surface area contributed by atoms with Gasteiger partial charge in [0.25, 0.3) is 11.5 Å². The van der Waals surface area contributed by atoms with E-state index in [-0.39, 0.29) is 17.6 Å². The van der Waals surface area contributed by atoms with Gasteiger partial charge in [0.05, 0.1) is 29.3 Å². The summed E-state index contributed by atoms with van der Waals surface area (Å²) in [5.74, 6) is -0.0345. The van der Waals surface area contributed by atoms with Crippen LogP contribution in [-0.2, 0) is 11.8 Å². The van der Waals surface area contributed by atoms with Gasteiger partial charge in [-0.2, -0.15) is 0 Å². The Morgan fingerprint density at radius 3 is 3.00 bits per heavy atom. The SMILES string of the molecule is Cc1c(C(=O)N2CCO[C@H](C)C2)sc2ncn(C)c(=O)c12. The third kappa shape index (κ3) is 2.36. The maximum Gasteiger partial charge on any atom is 0.264 e. The molecule has 2 aromatic heterocycles. The van der Waals surface area contributed by atoms with Gasteiger partial charge in [-0.3, -0.25) is 9.59 Å². The van der Waals surface area contributed by atoms with Crippen molar-refractivity contribution in [2.24, 2.45) is 7.05 Å². The highest BCUT2D eigenvalue weighted by Gasteiger charge is 2.26. The molecule has 1 amide bonds. The molecule has 1 aliphatic rings. The molecule has 0 aliphatic carbocycles. The molecule has 0 radical (unpaired) electrons. The fourth-order valence-corrected chi connectivity index (χ4v) is 3.67. The lowest BCUT2D eigenvalue weighted by Gasteiger charge is -2.31. The van der Waals surface area contributed by atoms with Gasteiger partial charge in [-0.15, -0.1) is 11.3 Å². The molecule has 3 rings (SSSR count). The molecule has 0 saturated carbocycles. The summed E-state index contributed by atoms with van der Waals surface area (Å²) in [6.07, 6.45) is 1.54. The van der Waals surface area contributed by atoms with Crippen LogP contribution in [0.25, 0.3) is 10.2 Å². The second-order valence-electron chi connectivity index (χ2n) is 5.33. The van der Waals surface area contributed by atoms with Crippen LogP contribution in [0.1, 0.15) is 22.2 Å². The Balaban J connectivity index is 2.05. The molecule has 1 fully saturated rings. The van der Waals surface area contributed by atoms with Crippen molar-refractivity contribution in [3.05, 3.63) is 27.1 Å². The Hall–Kier alpha value is -1.73. The number of thiophene rings is 1. The first-order valence-electron chi connectivity index (χ1n) is 6.84. The number of morpholine rings is 1. The quantitative estimate of drug-likeness (QED) is 0.793. The maximum atomic E-state index is 12.7. The molecule has 0 unspecified atom stereocenters. The number of carbonyl (C=O) groups is 1. The van der Waals surface area contributed by atoms with E-state index < -0.39 is 0 Å². The average Bonchev–Trinajstić information content (AvgIpc) is 2.80. The molecule has 1 atom stereocenters. The van der Waals surface area contributed by atoms with E-state index in [1.165, 1.54) is 22.2 Å². The van der Waals surface area contributed by atoms with E-state index in [0.717, 1.165) is 5.56 Å². The molecule has 1 saturated heterocycles. The van der Waals surface area contributed by atoms with Crippen molar-refractivity contribution in [1.82, 2.24) is 14.5 Å². The second-order valence-corrected chi connectivity index (χ2v) is 6.33. The molecular weight excluding hydrogens is 290 g/mol. The van der Waals surface area contributed by atoms with Crippen molar-refractivity contribution in [2.45, 2.75) is 20.0 Å². The van der Waals surface area contributed by atoms with Crippen LogP contribution in [0.3, 0.4) is 0 Å². The third-order valence-electron chi connectivity index (χ3n) is 3.73. The molecule has 3 heterocycles. The number of rotatable bonds is 1. The zero-order valence-corrected chi connectivity index (χ0v) is 13.1. The lowest BCUT2D eigenvalue weighted by Crippen LogP contribution is -2.44. The van der Waals surface area contributed by atoms with Crippen LogP contribution in [0.5, 0.6) is 0 Å². The Kier molecular flexibility index (Phi) is 3.54. The minimum absolute atomic E-state index is 0.0345. The number of ether oxygens (including phenoxy) is 1. The van der Waals surface area contributed by atoms with Crippen LogP contribution in [0.4, 0.5) is 0 Å². The monoisotopic (exact) mass is 307 g/mol. The first-order valence-corrected chi connectivity index (χ1v) is 7.66. The zero-order chi connectivity index (χ0) is 15.1. The standard InChI is InChI=1S/C14H17N3O3S/c1-8-6-17(4-5-20-8)14(19)11-9(2)10-12(21-11)15-7-16(3)13(10)18/h7-8H,4-6H2,1-3H3/t8-/m1/s1. The molecule has 0 aromatic carbocycles. The van der Waals surface area contributed by atoms with Crippen LogP contribution in [0, 0.1) is 6.92 Å². The summed E-state index contributed by atoms with van der Waals surface area (Å²) in [5, 5.41) is 0.551. The highest BCUT2D eigenvalue weighted by atomic mass is 32.1. The highest BCUT2D eigenvalue weighted by molar-refractivity contribution is 7.20. The van der Waals surface area contributed by atoms with Gasteiger partial charge in [0, 0.05) is 20.1 Å². The van der Waals surface area contributed by atoms with Gasteiger partial charge in [-0.1, -0.05) is 0 Å². The van der Waals surface area contributed by atoms with Crippen molar-refractivity contribution < 1.29 is 9.53 Å². The average molecular weight is 307 g/mol. The van der Waals surface area contributed by atoms with Crippen LogP contribution >= 0.6 is 11.3 Å². The van der Waals surface area contributed by atoms with Crippen molar-refractivity contribution in [1.29, 1.82) is 0 Å². The van der Waals surface area contributed by atoms with Gasteiger partial charge in [0.2, 0.25) is 0 Å². The topological polar surface area (TPSA) is 64.4 Å². The number of hydrogen-bond donors (Lipinski definition) is 0. The van der Waals surface area contributed by atoms with E-state index in [1.807, 2.05) is 13.8 Å². The first kappa shape index (κ1) is 14.2. The summed E-state index contributed by atoms with van der Waals surface area (Å²) in [5.41, 5.74) is 0.621. The Morgan fingerprint density at radius 1 is 1.52 bits per heavy atom. The molecule has 112 valence electrons. The van der Waals surface area contributed by atoms with E-state index in [0.29, 0.717) is 34.8 Å². The predicted octanol–water partition coefficient (Wildman–Crippen LogP) is 1.16. The van der Waals surface area contributed by atoms with Gasteiger partial charge in [-0.25, -0.2) is 4.98 Å². The van der Waals surface area contributed by atoms with Gasteiger partial charge in [-0.05, 0) is 19.4 Å². The number of aromatic nitrogens is 2. The molecule has 0 bridgehead atoms. The summed E-state index contributed by atoms with van der Waals surface area (Å²) in [6, 6.07) is 0. The van der Waals surface area contributed by atoms with E-state index in [2.05, 4.69) is 4.98 Å². The summed E-state index contributed by atoms with van der Waals surface area (Å²) < 4.78 is 6.90. The van der Waals surface area contributed by atoms with E-state index >= 15 is 0 Å². The van der Waals surface area contributed by atoms with Gasteiger partial charge in [0.15, 0.2) is 0 Å². The van der Waals surface area contributed by atoms with Gasteiger partial charge in [0.1, 0.15) is 4.83 Å².